The summed E-state index contributed by atoms with van der Waals surface area (Å²) in [4.78, 5) is 2.24. The van der Waals surface area contributed by atoms with Gasteiger partial charge in [-0.3, -0.25) is 0 Å². The van der Waals surface area contributed by atoms with Crippen LogP contribution in [0.2, 0.25) is 0 Å². The second kappa shape index (κ2) is 2.41. The summed E-state index contributed by atoms with van der Waals surface area (Å²) >= 11 is 0. The van der Waals surface area contributed by atoms with Crippen molar-refractivity contribution in [3.05, 3.63) is 23.8 Å². The number of phenolic OH excluding ortho intramolecular Hbond substituents is 1. The van der Waals surface area contributed by atoms with E-state index < -0.39 is 0 Å². The van der Waals surface area contributed by atoms with E-state index in [1.165, 1.54) is 11.3 Å². The van der Waals surface area contributed by atoms with Gasteiger partial charge in [-0.25, -0.2) is 0 Å². The maximum Gasteiger partial charge on any atom is 0.116 e. The van der Waals surface area contributed by atoms with Crippen LogP contribution in [0.15, 0.2) is 18.2 Å². The second-order valence-corrected chi connectivity index (χ2v) is 3.48. The molecule has 1 heterocycles. The number of hydrogen-bond donors (Lipinski definition) is 1. The first-order valence-corrected chi connectivity index (χ1v) is 4.23. The molecule has 1 aromatic carbocycles. The third-order valence-corrected chi connectivity index (χ3v) is 2.62. The molecule has 2 rings (SSSR count). The monoisotopic (exact) mass is 163 g/mol. The molecule has 1 aromatic rings. The van der Waals surface area contributed by atoms with Crippen LogP contribution in [0.3, 0.4) is 0 Å². The molecule has 0 bridgehead atoms. The quantitative estimate of drug-likeness (QED) is 0.630. The molecular weight excluding hydrogens is 150 g/mol. The molecule has 1 unspecified atom stereocenters. The first kappa shape index (κ1) is 7.47. The van der Waals surface area contributed by atoms with Crippen molar-refractivity contribution in [1.82, 2.24) is 0 Å². The zero-order valence-electron chi connectivity index (χ0n) is 7.41. The number of benzene rings is 1. The smallest absolute Gasteiger partial charge is 0.116 e. The zero-order chi connectivity index (χ0) is 8.72. The van der Waals surface area contributed by atoms with Gasteiger partial charge in [0.1, 0.15) is 5.75 Å². The van der Waals surface area contributed by atoms with E-state index in [0.29, 0.717) is 11.8 Å². The average Bonchev–Trinajstić information content (AvgIpc) is 2.28. The molecule has 2 nitrogen and oxygen atoms in total. The van der Waals surface area contributed by atoms with Crippen molar-refractivity contribution in [1.29, 1.82) is 0 Å². The number of fused-ring (bicyclic) bond motifs is 1. The highest BCUT2D eigenvalue weighted by Crippen LogP contribution is 2.32. The molecule has 0 aromatic heterocycles. The lowest BCUT2D eigenvalue weighted by molar-refractivity contribution is 0.475. The lowest BCUT2D eigenvalue weighted by Gasteiger charge is -2.17. The van der Waals surface area contributed by atoms with Crippen LogP contribution in [0, 0.1) is 0 Å². The molecular formula is C10H13NO. The van der Waals surface area contributed by atoms with Crippen molar-refractivity contribution in [3.63, 3.8) is 0 Å². The Bertz CT molecular complexity index is 309. The van der Waals surface area contributed by atoms with Gasteiger partial charge in [-0.2, -0.15) is 0 Å². The molecule has 0 radical (unpaired) electrons. The van der Waals surface area contributed by atoms with E-state index in [4.69, 9.17) is 0 Å². The van der Waals surface area contributed by atoms with Crippen LogP contribution >= 0.6 is 0 Å². The number of nitrogens with zero attached hydrogens (tertiary/aromatic N) is 1. The predicted molar refractivity (Wildman–Crippen MR) is 49.7 cm³/mol. The summed E-state index contributed by atoms with van der Waals surface area (Å²) < 4.78 is 0. The summed E-state index contributed by atoms with van der Waals surface area (Å²) in [6, 6.07) is 6.14. The van der Waals surface area contributed by atoms with E-state index in [1.807, 2.05) is 12.1 Å². The molecule has 0 spiro atoms. The van der Waals surface area contributed by atoms with Crippen molar-refractivity contribution >= 4 is 5.69 Å². The highest BCUT2D eigenvalue weighted by molar-refractivity contribution is 5.60. The Morgan fingerprint density at radius 2 is 2.25 bits per heavy atom. The Labute approximate surface area is 72.4 Å². The minimum Gasteiger partial charge on any atom is -0.508 e. The fourth-order valence-corrected chi connectivity index (χ4v) is 1.77. The maximum absolute atomic E-state index is 9.25. The molecule has 2 heteroatoms. The van der Waals surface area contributed by atoms with Gasteiger partial charge in [-0.1, -0.05) is 0 Å². The van der Waals surface area contributed by atoms with Crippen LogP contribution in [0.4, 0.5) is 5.69 Å². The number of likely N-dealkylation sites (N-methyl/N-ethyl adjacent to an activating group) is 1. The van der Waals surface area contributed by atoms with E-state index in [2.05, 4.69) is 18.9 Å². The zero-order valence-corrected chi connectivity index (χ0v) is 7.41. The van der Waals surface area contributed by atoms with Gasteiger partial charge in [0.05, 0.1) is 0 Å². The Morgan fingerprint density at radius 1 is 1.50 bits per heavy atom. The van der Waals surface area contributed by atoms with Gasteiger partial charge in [0.15, 0.2) is 0 Å². The first-order chi connectivity index (χ1) is 5.68. The molecule has 0 fully saturated rings. The Balaban J connectivity index is 2.47. The normalized spacial score (nSPS) is 21.2. The first-order valence-electron chi connectivity index (χ1n) is 4.23. The van der Waals surface area contributed by atoms with Crippen molar-refractivity contribution in [2.45, 2.75) is 19.4 Å². The second-order valence-electron chi connectivity index (χ2n) is 3.48. The van der Waals surface area contributed by atoms with E-state index in [1.54, 1.807) is 6.07 Å². The minimum absolute atomic E-state index is 0.372. The Kier molecular flexibility index (Phi) is 1.50. The van der Waals surface area contributed by atoms with E-state index >= 15 is 0 Å². The van der Waals surface area contributed by atoms with Gasteiger partial charge in [-0.05, 0) is 37.1 Å². The highest BCUT2D eigenvalue weighted by Gasteiger charge is 2.22. The van der Waals surface area contributed by atoms with Crippen LogP contribution < -0.4 is 4.90 Å². The van der Waals surface area contributed by atoms with Gasteiger partial charge in [0.2, 0.25) is 0 Å². The van der Waals surface area contributed by atoms with Crippen molar-refractivity contribution in [2.24, 2.45) is 0 Å². The number of aromatic hydroxyl groups is 1. The van der Waals surface area contributed by atoms with Gasteiger partial charge >= 0.3 is 0 Å². The van der Waals surface area contributed by atoms with Gasteiger partial charge < -0.3 is 10.0 Å². The van der Waals surface area contributed by atoms with E-state index in [0.717, 1.165) is 6.42 Å². The summed E-state index contributed by atoms with van der Waals surface area (Å²) in [5.41, 5.74) is 2.50. The predicted octanol–water partition coefficient (Wildman–Crippen LogP) is 1.77. The highest BCUT2D eigenvalue weighted by atomic mass is 16.3. The fourth-order valence-electron chi connectivity index (χ4n) is 1.77. The largest absolute Gasteiger partial charge is 0.508 e. The maximum atomic E-state index is 9.25. The van der Waals surface area contributed by atoms with Crippen LogP contribution in [-0.4, -0.2) is 18.2 Å². The summed E-state index contributed by atoms with van der Waals surface area (Å²) in [5, 5.41) is 9.25. The lowest BCUT2D eigenvalue weighted by atomic mass is 10.1. The lowest BCUT2D eigenvalue weighted by Crippen LogP contribution is -2.23. The molecule has 64 valence electrons. The summed E-state index contributed by atoms with van der Waals surface area (Å²) in [5.74, 6) is 0.372. The van der Waals surface area contributed by atoms with Gasteiger partial charge in [-0.15, -0.1) is 0 Å². The van der Waals surface area contributed by atoms with Gasteiger partial charge in [0.25, 0.3) is 0 Å². The van der Waals surface area contributed by atoms with E-state index in [-0.39, 0.29) is 0 Å². The SMILES string of the molecule is CC1Cc2cc(O)ccc2N1C. The molecule has 1 aliphatic heterocycles. The van der Waals surface area contributed by atoms with Crippen LogP contribution in [0.25, 0.3) is 0 Å². The molecule has 0 aliphatic carbocycles. The molecule has 0 saturated carbocycles. The number of hydrogen-bond acceptors (Lipinski definition) is 2. The summed E-state index contributed by atoms with van der Waals surface area (Å²) in [6.07, 6.45) is 1.04. The molecule has 0 saturated heterocycles. The number of anilines is 1. The standard InChI is InChI=1S/C10H13NO/c1-7-5-8-6-9(12)3-4-10(8)11(7)2/h3-4,6-7,12H,5H2,1-2H3. The molecule has 1 atom stereocenters. The fraction of sp³-hybridized carbons (Fsp3) is 0.400. The van der Waals surface area contributed by atoms with Crippen molar-refractivity contribution < 1.29 is 5.11 Å². The molecule has 1 aliphatic rings. The summed E-state index contributed by atoms with van der Waals surface area (Å²) in [6.45, 7) is 2.19. The van der Waals surface area contributed by atoms with Crippen LogP contribution in [-0.2, 0) is 6.42 Å². The third kappa shape index (κ3) is 0.951. The van der Waals surface area contributed by atoms with Crippen molar-refractivity contribution in [2.75, 3.05) is 11.9 Å². The summed E-state index contributed by atoms with van der Waals surface area (Å²) in [7, 11) is 2.09. The molecule has 0 amide bonds. The van der Waals surface area contributed by atoms with E-state index in [9.17, 15) is 5.11 Å². The topological polar surface area (TPSA) is 23.5 Å². The van der Waals surface area contributed by atoms with Gasteiger partial charge in [0, 0.05) is 18.8 Å². The molecule has 1 N–H and O–H groups in total. The minimum atomic E-state index is 0.372. The number of phenols is 1. The third-order valence-electron chi connectivity index (χ3n) is 2.62. The van der Waals surface area contributed by atoms with Crippen molar-refractivity contribution in [3.8, 4) is 5.75 Å². The average molecular weight is 163 g/mol. The number of rotatable bonds is 0. The Hall–Kier alpha value is -1.18. The van der Waals surface area contributed by atoms with Crippen LogP contribution in [0.1, 0.15) is 12.5 Å². The Morgan fingerprint density at radius 3 is 3.00 bits per heavy atom. The van der Waals surface area contributed by atoms with Crippen LogP contribution in [0.5, 0.6) is 5.75 Å². The molecule has 12 heavy (non-hydrogen) atoms.